The van der Waals surface area contributed by atoms with Gasteiger partial charge in [-0.3, -0.25) is 4.79 Å². The van der Waals surface area contributed by atoms with E-state index >= 15 is 0 Å². The predicted octanol–water partition coefficient (Wildman–Crippen LogP) is 4.68. The van der Waals surface area contributed by atoms with Crippen molar-refractivity contribution in [3.8, 4) is 11.5 Å². The van der Waals surface area contributed by atoms with Crippen molar-refractivity contribution in [2.75, 3.05) is 19.5 Å². The molecule has 0 spiro atoms. The summed E-state index contributed by atoms with van der Waals surface area (Å²) in [4.78, 5) is 12.4. The van der Waals surface area contributed by atoms with Crippen LogP contribution in [0, 0.1) is 6.92 Å². The van der Waals surface area contributed by atoms with Gasteiger partial charge in [0.1, 0.15) is 16.0 Å². The number of amides is 1. The molecule has 4 nitrogen and oxygen atoms in total. The van der Waals surface area contributed by atoms with Crippen LogP contribution < -0.4 is 14.8 Å². The standard InChI is InChI=1S/C16H15BrClNO3/c1-9-6-11(18)4-5-12(9)19-16(20)10-7-13(21-2)15(17)14(8-10)22-3/h4-8H,1-3H3,(H,19,20). The SMILES string of the molecule is COc1cc(C(=O)Nc2ccc(Cl)cc2C)cc(OC)c1Br. The van der Waals surface area contributed by atoms with Crippen LogP contribution in [-0.2, 0) is 0 Å². The van der Waals surface area contributed by atoms with Crippen LogP contribution in [0.2, 0.25) is 5.02 Å². The maximum atomic E-state index is 12.4. The molecule has 0 aliphatic carbocycles. The highest BCUT2D eigenvalue weighted by atomic mass is 79.9. The van der Waals surface area contributed by atoms with Crippen molar-refractivity contribution >= 4 is 39.1 Å². The van der Waals surface area contributed by atoms with Crippen LogP contribution in [0.3, 0.4) is 0 Å². The minimum Gasteiger partial charge on any atom is -0.495 e. The van der Waals surface area contributed by atoms with Gasteiger partial charge < -0.3 is 14.8 Å². The van der Waals surface area contributed by atoms with Gasteiger partial charge in [-0.05, 0) is 58.7 Å². The molecule has 0 aliphatic rings. The van der Waals surface area contributed by atoms with Crippen molar-refractivity contribution in [1.82, 2.24) is 0 Å². The van der Waals surface area contributed by atoms with Crippen LogP contribution in [0.15, 0.2) is 34.8 Å². The van der Waals surface area contributed by atoms with E-state index < -0.39 is 0 Å². The third-order valence-electron chi connectivity index (χ3n) is 3.14. The summed E-state index contributed by atoms with van der Waals surface area (Å²) in [6.07, 6.45) is 0. The van der Waals surface area contributed by atoms with Crippen LogP contribution in [0.5, 0.6) is 11.5 Å². The summed E-state index contributed by atoms with van der Waals surface area (Å²) in [7, 11) is 3.06. The monoisotopic (exact) mass is 383 g/mol. The minimum atomic E-state index is -0.255. The van der Waals surface area contributed by atoms with Crippen LogP contribution in [0.25, 0.3) is 0 Å². The average molecular weight is 385 g/mol. The molecule has 0 radical (unpaired) electrons. The number of nitrogens with one attached hydrogen (secondary N) is 1. The second-order valence-corrected chi connectivity index (χ2v) is 5.84. The molecule has 2 rings (SSSR count). The number of hydrogen-bond donors (Lipinski definition) is 1. The van der Waals surface area contributed by atoms with Crippen molar-refractivity contribution in [1.29, 1.82) is 0 Å². The zero-order valence-electron chi connectivity index (χ0n) is 12.4. The molecule has 22 heavy (non-hydrogen) atoms. The Hall–Kier alpha value is -1.72. The van der Waals surface area contributed by atoms with E-state index in [4.69, 9.17) is 21.1 Å². The first-order chi connectivity index (χ1) is 10.5. The quantitative estimate of drug-likeness (QED) is 0.832. The van der Waals surface area contributed by atoms with Gasteiger partial charge in [0.2, 0.25) is 0 Å². The van der Waals surface area contributed by atoms with E-state index in [2.05, 4.69) is 21.2 Å². The van der Waals surface area contributed by atoms with Crippen molar-refractivity contribution in [2.24, 2.45) is 0 Å². The molecule has 0 aromatic heterocycles. The van der Waals surface area contributed by atoms with Gasteiger partial charge in [-0.2, -0.15) is 0 Å². The van der Waals surface area contributed by atoms with E-state index in [-0.39, 0.29) is 5.91 Å². The van der Waals surface area contributed by atoms with Crippen molar-refractivity contribution < 1.29 is 14.3 Å². The van der Waals surface area contributed by atoms with E-state index in [1.165, 1.54) is 14.2 Å². The summed E-state index contributed by atoms with van der Waals surface area (Å²) in [6, 6.07) is 8.58. The molecular weight excluding hydrogens is 370 g/mol. The lowest BCUT2D eigenvalue weighted by Crippen LogP contribution is -2.13. The Kier molecular flexibility index (Phi) is 5.32. The van der Waals surface area contributed by atoms with Crippen LogP contribution in [0.4, 0.5) is 5.69 Å². The largest absolute Gasteiger partial charge is 0.495 e. The molecule has 0 fully saturated rings. The highest BCUT2D eigenvalue weighted by Crippen LogP contribution is 2.35. The van der Waals surface area contributed by atoms with E-state index in [0.717, 1.165) is 5.56 Å². The number of aryl methyl sites for hydroxylation is 1. The van der Waals surface area contributed by atoms with Gasteiger partial charge in [-0.1, -0.05) is 11.6 Å². The number of rotatable bonds is 4. The van der Waals surface area contributed by atoms with Crippen molar-refractivity contribution in [2.45, 2.75) is 6.92 Å². The number of halogens is 2. The lowest BCUT2D eigenvalue weighted by Gasteiger charge is -2.13. The number of ether oxygens (including phenoxy) is 2. The van der Waals surface area contributed by atoms with E-state index in [1.54, 1.807) is 30.3 Å². The molecule has 0 bridgehead atoms. The van der Waals surface area contributed by atoms with E-state index in [9.17, 15) is 4.79 Å². The molecule has 0 atom stereocenters. The van der Waals surface area contributed by atoms with Gasteiger partial charge in [0.15, 0.2) is 0 Å². The number of carbonyl (C=O) groups is 1. The fourth-order valence-corrected chi connectivity index (χ4v) is 2.74. The Labute approximate surface area is 142 Å². The number of anilines is 1. The van der Waals surface area contributed by atoms with E-state index in [1.807, 2.05) is 6.92 Å². The zero-order valence-corrected chi connectivity index (χ0v) is 14.7. The third-order valence-corrected chi connectivity index (χ3v) is 4.16. The lowest BCUT2D eigenvalue weighted by atomic mass is 10.1. The molecule has 2 aromatic carbocycles. The highest BCUT2D eigenvalue weighted by Gasteiger charge is 2.15. The minimum absolute atomic E-state index is 0.255. The summed E-state index contributed by atoms with van der Waals surface area (Å²) in [5, 5.41) is 3.48. The normalized spacial score (nSPS) is 10.2. The molecule has 6 heteroatoms. The number of hydrogen-bond acceptors (Lipinski definition) is 3. The van der Waals surface area contributed by atoms with Gasteiger partial charge >= 0.3 is 0 Å². The number of carbonyl (C=O) groups excluding carboxylic acids is 1. The van der Waals surface area contributed by atoms with Gasteiger partial charge in [0.25, 0.3) is 5.91 Å². The molecule has 0 saturated carbocycles. The smallest absolute Gasteiger partial charge is 0.255 e. The first kappa shape index (κ1) is 16.6. The Balaban J connectivity index is 2.33. The van der Waals surface area contributed by atoms with Gasteiger partial charge in [-0.25, -0.2) is 0 Å². The molecule has 1 amide bonds. The summed E-state index contributed by atoms with van der Waals surface area (Å²) in [6.45, 7) is 1.88. The number of benzene rings is 2. The Bertz CT molecular complexity index is 694. The maximum absolute atomic E-state index is 12.4. The maximum Gasteiger partial charge on any atom is 0.255 e. The summed E-state index contributed by atoms with van der Waals surface area (Å²) in [5.74, 6) is 0.796. The van der Waals surface area contributed by atoms with Crippen molar-refractivity contribution in [3.05, 3.63) is 51.0 Å². The van der Waals surface area contributed by atoms with E-state index in [0.29, 0.717) is 32.2 Å². The second-order valence-electron chi connectivity index (χ2n) is 4.61. The van der Waals surface area contributed by atoms with Crippen LogP contribution >= 0.6 is 27.5 Å². The second kappa shape index (κ2) is 7.03. The van der Waals surface area contributed by atoms with Crippen molar-refractivity contribution in [3.63, 3.8) is 0 Å². The fraction of sp³-hybridized carbons (Fsp3) is 0.188. The van der Waals surface area contributed by atoms with Crippen LogP contribution in [-0.4, -0.2) is 20.1 Å². The molecule has 0 aliphatic heterocycles. The topological polar surface area (TPSA) is 47.6 Å². The Morgan fingerprint density at radius 3 is 2.23 bits per heavy atom. The van der Waals surface area contributed by atoms with Gasteiger partial charge in [0, 0.05) is 16.3 Å². The Morgan fingerprint density at radius 1 is 1.14 bits per heavy atom. The summed E-state index contributed by atoms with van der Waals surface area (Å²) in [5.41, 5.74) is 2.03. The predicted molar refractivity (Wildman–Crippen MR) is 91.4 cm³/mol. The first-order valence-electron chi connectivity index (χ1n) is 6.45. The molecule has 0 saturated heterocycles. The Morgan fingerprint density at radius 2 is 1.73 bits per heavy atom. The fourth-order valence-electron chi connectivity index (χ4n) is 1.96. The summed E-state index contributed by atoms with van der Waals surface area (Å²) < 4.78 is 11.2. The molecule has 0 unspecified atom stereocenters. The van der Waals surface area contributed by atoms with Crippen LogP contribution in [0.1, 0.15) is 15.9 Å². The first-order valence-corrected chi connectivity index (χ1v) is 7.62. The summed E-state index contributed by atoms with van der Waals surface area (Å²) >= 11 is 9.29. The highest BCUT2D eigenvalue weighted by molar-refractivity contribution is 9.10. The molecule has 1 N–H and O–H groups in total. The van der Waals surface area contributed by atoms with Gasteiger partial charge in [0.05, 0.1) is 14.2 Å². The molecule has 2 aromatic rings. The van der Waals surface area contributed by atoms with Gasteiger partial charge in [-0.15, -0.1) is 0 Å². The molecule has 0 heterocycles. The molecular formula is C16H15BrClNO3. The molecule has 116 valence electrons. The zero-order chi connectivity index (χ0) is 16.3. The average Bonchev–Trinajstić information content (AvgIpc) is 2.50. The third kappa shape index (κ3) is 3.54. The number of methoxy groups -OCH3 is 2. The lowest BCUT2D eigenvalue weighted by molar-refractivity contribution is 0.102.